The number of carbonyl (C=O) groups excluding carboxylic acids is 1. The summed E-state index contributed by atoms with van der Waals surface area (Å²) in [5, 5.41) is 1.42. The minimum Gasteiger partial charge on any atom is -0.458 e. The van der Waals surface area contributed by atoms with Crippen molar-refractivity contribution in [3.8, 4) is 11.3 Å². The highest BCUT2D eigenvalue weighted by molar-refractivity contribution is 6.30. The van der Waals surface area contributed by atoms with Crippen molar-refractivity contribution in [2.75, 3.05) is 6.61 Å². The second-order valence-electron chi connectivity index (χ2n) is 4.97. The van der Waals surface area contributed by atoms with Crippen LogP contribution < -0.4 is 0 Å². The van der Waals surface area contributed by atoms with Crippen molar-refractivity contribution in [2.45, 2.75) is 0 Å². The topological polar surface area (TPSA) is 39.2 Å². The van der Waals surface area contributed by atoms with E-state index in [2.05, 4.69) is 11.6 Å². The van der Waals surface area contributed by atoms with Crippen molar-refractivity contribution in [2.24, 2.45) is 0 Å². The van der Waals surface area contributed by atoms with Crippen LogP contribution in [0.4, 0.5) is 0 Å². The van der Waals surface area contributed by atoms with Gasteiger partial charge in [0.1, 0.15) is 6.61 Å². The van der Waals surface area contributed by atoms with E-state index in [4.69, 9.17) is 16.3 Å². The Balaban J connectivity index is 2.15. The molecular weight excluding hydrogens is 310 g/mol. The van der Waals surface area contributed by atoms with Gasteiger partial charge in [-0.15, -0.1) is 0 Å². The molecule has 3 nitrogen and oxygen atoms in total. The lowest BCUT2D eigenvalue weighted by molar-refractivity contribution is 0.0552. The number of nitrogens with zero attached hydrogens (tertiary/aromatic N) is 1. The highest BCUT2D eigenvalue weighted by Crippen LogP contribution is 2.26. The van der Waals surface area contributed by atoms with Crippen LogP contribution in [0.1, 0.15) is 10.4 Å². The van der Waals surface area contributed by atoms with Crippen LogP contribution in [-0.2, 0) is 4.74 Å². The van der Waals surface area contributed by atoms with Gasteiger partial charge in [0, 0.05) is 16.0 Å². The molecule has 0 fully saturated rings. The van der Waals surface area contributed by atoms with E-state index in [1.54, 1.807) is 24.3 Å². The second-order valence-corrected chi connectivity index (χ2v) is 5.40. The number of rotatable bonds is 4. The molecule has 0 aliphatic rings. The number of hydrogen-bond acceptors (Lipinski definition) is 3. The number of pyridine rings is 1. The molecule has 0 radical (unpaired) electrons. The number of fused-ring (bicyclic) bond motifs is 1. The average molecular weight is 324 g/mol. The molecule has 3 aromatic rings. The summed E-state index contributed by atoms with van der Waals surface area (Å²) < 4.78 is 5.19. The van der Waals surface area contributed by atoms with E-state index >= 15 is 0 Å². The number of aromatic nitrogens is 1. The van der Waals surface area contributed by atoms with Gasteiger partial charge in [0.25, 0.3) is 0 Å². The van der Waals surface area contributed by atoms with Crippen molar-refractivity contribution >= 4 is 28.5 Å². The first-order valence-electron chi connectivity index (χ1n) is 7.13. The summed E-state index contributed by atoms with van der Waals surface area (Å²) in [4.78, 5) is 17.0. The van der Waals surface area contributed by atoms with Gasteiger partial charge in [-0.05, 0) is 24.3 Å². The number of ether oxygens (including phenoxy) is 1. The van der Waals surface area contributed by atoms with E-state index in [-0.39, 0.29) is 6.61 Å². The van der Waals surface area contributed by atoms with Crippen molar-refractivity contribution in [1.29, 1.82) is 0 Å². The van der Waals surface area contributed by atoms with Gasteiger partial charge in [0.2, 0.25) is 0 Å². The average Bonchev–Trinajstić information content (AvgIpc) is 2.59. The lowest BCUT2D eigenvalue weighted by Gasteiger charge is -2.09. The Hall–Kier alpha value is -2.65. The number of halogens is 1. The summed E-state index contributed by atoms with van der Waals surface area (Å²) in [6.07, 6.45) is 1.54. The van der Waals surface area contributed by atoms with Gasteiger partial charge in [0.05, 0.1) is 16.8 Å². The fourth-order valence-corrected chi connectivity index (χ4v) is 2.45. The maximum absolute atomic E-state index is 12.3. The highest BCUT2D eigenvalue weighted by atomic mass is 35.5. The first kappa shape index (κ1) is 15.3. The van der Waals surface area contributed by atoms with Crippen LogP contribution in [0, 0.1) is 0 Å². The second kappa shape index (κ2) is 6.63. The van der Waals surface area contributed by atoms with Gasteiger partial charge < -0.3 is 4.74 Å². The molecule has 1 heterocycles. The molecule has 1 aromatic heterocycles. The lowest BCUT2D eigenvalue weighted by atomic mass is 10.0. The van der Waals surface area contributed by atoms with Crippen LogP contribution in [0.15, 0.2) is 67.3 Å². The molecule has 0 atom stereocenters. The molecule has 0 saturated heterocycles. The molecule has 0 N–H and O–H groups in total. The molecule has 0 bridgehead atoms. The molecule has 0 aliphatic carbocycles. The molecule has 3 rings (SSSR count). The van der Waals surface area contributed by atoms with Crippen LogP contribution in [0.5, 0.6) is 0 Å². The summed E-state index contributed by atoms with van der Waals surface area (Å²) in [5.74, 6) is -0.390. The largest absolute Gasteiger partial charge is 0.458 e. The summed E-state index contributed by atoms with van der Waals surface area (Å²) in [6.45, 7) is 3.73. The lowest BCUT2D eigenvalue weighted by Crippen LogP contribution is -2.07. The molecule has 23 heavy (non-hydrogen) atoms. The van der Waals surface area contributed by atoms with Crippen LogP contribution in [0.3, 0.4) is 0 Å². The Morgan fingerprint density at radius 1 is 1.17 bits per heavy atom. The van der Waals surface area contributed by atoms with Crippen molar-refractivity contribution in [3.63, 3.8) is 0 Å². The molecule has 0 aliphatic heterocycles. The minimum atomic E-state index is -0.390. The number of para-hydroxylation sites is 1. The van der Waals surface area contributed by atoms with Gasteiger partial charge in [-0.25, -0.2) is 9.78 Å². The highest BCUT2D eigenvalue weighted by Gasteiger charge is 2.14. The Morgan fingerprint density at radius 3 is 2.65 bits per heavy atom. The summed E-state index contributed by atoms with van der Waals surface area (Å²) >= 11 is 5.93. The number of carbonyl (C=O) groups is 1. The Kier molecular flexibility index (Phi) is 4.40. The van der Waals surface area contributed by atoms with Gasteiger partial charge in [-0.2, -0.15) is 0 Å². The third-order valence-corrected chi connectivity index (χ3v) is 3.66. The van der Waals surface area contributed by atoms with Gasteiger partial charge >= 0.3 is 5.97 Å². The maximum Gasteiger partial charge on any atom is 0.339 e. The van der Waals surface area contributed by atoms with E-state index in [0.29, 0.717) is 16.3 Å². The Labute approximate surface area is 139 Å². The van der Waals surface area contributed by atoms with E-state index in [9.17, 15) is 4.79 Å². The predicted molar refractivity (Wildman–Crippen MR) is 92.7 cm³/mol. The zero-order chi connectivity index (χ0) is 16.2. The Bertz CT molecular complexity index is 872. The zero-order valence-corrected chi connectivity index (χ0v) is 13.1. The van der Waals surface area contributed by atoms with Crippen LogP contribution in [-0.4, -0.2) is 17.6 Å². The summed E-state index contributed by atoms with van der Waals surface area (Å²) in [6, 6.07) is 16.6. The van der Waals surface area contributed by atoms with E-state index in [1.165, 1.54) is 0 Å². The fraction of sp³-hybridized carbons (Fsp3) is 0.0526. The van der Waals surface area contributed by atoms with Crippen molar-refractivity contribution in [1.82, 2.24) is 4.98 Å². The van der Waals surface area contributed by atoms with E-state index < -0.39 is 5.97 Å². The molecule has 0 saturated carbocycles. The molecule has 2 aromatic carbocycles. The number of hydrogen-bond donors (Lipinski definition) is 0. The SMILES string of the molecule is C=CCOC(=O)c1cc(-c2ccc(Cl)cc2)nc2ccccc12. The first-order valence-corrected chi connectivity index (χ1v) is 7.50. The van der Waals surface area contributed by atoms with Crippen LogP contribution in [0.2, 0.25) is 5.02 Å². The van der Waals surface area contributed by atoms with Crippen LogP contribution >= 0.6 is 11.6 Å². The molecule has 0 unspecified atom stereocenters. The van der Waals surface area contributed by atoms with Crippen LogP contribution in [0.25, 0.3) is 22.2 Å². The standard InChI is InChI=1S/C19H14ClNO2/c1-2-11-23-19(22)16-12-18(13-7-9-14(20)10-8-13)21-17-6-4-3-5-15(16)17/h2-10,12H,1,11H2. The fourth-order valence-electron chi connectivity index (χ4n) is 2.33. The van der Waals surface area contributed by atoms with E-state index in [1.807, 2.05) is 36.4 Å². The molecule has 0 spiro atoms. The number of esters is 1. The van der Waals surface area contributed by atoms with Crippen molar-refractivity contribution < 1.29 is 9.53 Å². The summed E-state index contributed by atoms with van der Waals surface area (Å²) in [5.41, 5.74) is 2.82. The normalized spacial score (nSPS) is 10.5. The third-order valence-electron chi connectivity index (χ3n) is 3.41. The minimum absolute atomic E-state index is 0.172. The predicted octanol–water partition coefficient (Wildman–Crippen LogP) is 4.90. The Morgan fingerprint density at radius 2 is 1.91 bits per heavy atom. The molecular formula is C19H14ClNO2. The zero-order valence-electron chi connectivity index (χ0n) is 12.3. The molecule has 0 amide bonds. The molecule has 4 heteroatoms. The smallest absolute Gasteiger partial charge is 0.339 e. The quantitative estimate of drug-likeness (QED) is 0.506. The van der Waals surface area contributed by atoms with Gasteiger partial charge in [-0.3, -0.25) is 0 Å². The monoisotopic (exact) mass is 323 g/mol. The van der Waals surface area contributed by atoms with Crippen molar-refractivity contribution in [3.05, 3.63) is 77.8 Å². The summed E-state index contributed by atoms with van der Waals surface area (Å²) in [7, 11) is 0. The number of benzene rings is 2. The molecule has 114 valence electrons. The third kappa shape index (κ3) is 3.25. The van der Waals surface area contributed by atoms with E-state index in [0.717, 1.165) is 16.5 Å². The van der Waals surface area contributed by atoms with Gasteiger partial charge in [0.15, 0.2) is 0 Å². The maximum atomic E-state index is 12.3. The first-order chi connectivity index (χ1) is 11.2. The van der Waals surface area contributed by atoms with Gasteiger partial charge in [-0.1, -0.05) is 54.6 Å².